The van der Waals surface area contributed by atoms with E-state index in [1.807, 2.05) is 0 Å². The van der Waals surface area contributed by atoms with Crippen molar-refractivity contribution in [3.8, 4) is 11.5 Å². The number of carbonyl (C=O) groups excluding carboxylic acids is 2. The first kappa shape index (κ1) is 19.1. The summed E-state index contributed by atoms with van der Waals surface area (Å²) in [6.45, 7) is 0.166. The smallest absolute Gasteiger partial charge is 0.328 e. The number of rotatable bonds is 6. The van der Waals surface area contributed by atoms with Gasteiger partial charge in [0, 0.05) is 17.5 Å². The summed E-state index contributed by atoms with van der Waals surface area (Å²) >= 11 is 0. The maximum Gasteiger partial charge on any atom is 0.328 e. The van der Waals surface area contributed by atoms with Gasteiger partial charge < -0.3 is 19.1 Å². The van der Waals surface area contributed by atoms with Gasteiger partial charge in [-0.05, 0) is 35.7 Å². The third kappa shape index (κ3) is 4.25. The van der Waals surface area contributed by atoms with E-state index in [-0.39, 0.29) is 18.9 Å². The van der Waals surface area contributed by atoms with Crippen LogP contribution in [0.2, 0.25) is 0 Å². The van der Waals surface area contributed by atoms with Gasteiger partial charge in [-0.1, -0.05) is 11.2 Å². The van der Waals surface area contributed by atoms with Gasteiger partial charge in [-0.2, -0.15) is 0 Å². The number of amides is 1. The molecule has 1 aromatic carbocycles. The van der Waals surface area contributed by atoms with Gasteiger partial charge >= 0.3 is 5.97 Å². The molecule has 1 aliphatic rings. The molecular weight excluding hydrogens is 340 g/mol. The van der Waals surface area contributed by atoms with Crippen molar-refractivity contribution < 1.29 is 23.8 Å². The molecule has 9 nitrogen and oxygen atoms in total. The van der Waals surface area contributed by atoms with E-state index < -0.39 is 18.1 Å². The van der Waals surface area contributed by atoms with Crippen molar-refractivity contribution in [3.63, 3.8) is 0 Å². The van der Waals surface area contributed by atoms with Crippen molar-refractivity contribution in [1.29, 1.82) is 0 Å². The van der Waals surface area contributed by atoms with Crippen LogP contribution in [0.5, 0.6) is 11.5 Å². The molecule has 0 spiro atoms. The Hall–Kier alpha value is -3.19. The van der Waals surface area contributed by atoms with Gasteiger partial charge in [-0.25, -0.2) is 4.79 Å². The Morgan fingerprint density at radius 1 is 1.27 bits per heavy atom. The summed E-state index contributed by atoms with van der Waals surface area (Å²) in [6.07, 6.45) is 3.21. The number of carbonyl (C=O) groups is 2. The molecule has 0 saturated carbocycles. The van der Waals surface area contributed by atoms with Crippen molar-refractivity contribution >= 4 is 18.0 Å². The summed E-state index contributed by atoms with van der Waals surface area (Å²) in [5, 5.41) is 3.61. The average Bonchev–Trinajstić information content (AvgIpc) is 3.09. The van der Waals surface area contributed by atoms with Crippen LogP contribution in [0.4, 0.5) is 0 Å². The summed E-state index contributed by atoms with van der Waals surface area (Å²) in [6, 6.07) is 4.01. The molecule has 138 valence electrons. The summed E-state index contributed by atoms with van der Waals surface area (Å²) in [4.78, 5) is 28.5. The fourth-order valence-electron chi connectivity index (χ4n) is 2.79. The third-order valence-electron chi connectivity index (χ3n) is 4.08. The highest BCUT2D eigenvalue weighted by molar-refractivity contribution is 5.95. The molecule has 0 aliphatic carbocycles. The first-order valence-corrected chi connectivity index (χ1v) is 7.86. The summed E-state index contributed by atoms with van der Waals surface area (Å²) in [5.41, 5.74) is 9.31. The van der Waals surface area contributed by atoms with E-state index in [2.05, 4.69) is 10.0 Å². The molecule has 0 radical (unpaired) electrons. The topological polar surface area (TPSA) is 114 Å². The molecule has 1 aliphatic heterocycles. The lowest BCUT2D eigenvalue weighted by Crippen LogP contribution is -2.40. The van der Waals surface area contributed by atoms with Crippen molar-refractivity contribution in [2.75, 3.05) is 27.9 Å². The molecule has 0 unspecified atom stereocenters. The zero-order valence-electron chi connectivity index (χ0n) is 14.8. The predicted molar refractivity (Wildman–Crippen MR) is 93.6 cm³/mol. The van der Waals surface area contributed by atoms with Gasteiger partial charge in [0.25, 0.3) is 0 Å². The quantitative estimate of drug-likeness (QED) is 0.254. The fourth-order valence-corrected chi connectivity index (χ4v) is 2.79. The monoisotopic (exact) mass is 360 g/mol. The molecule has 9 heteroatoms. The number of nitrogens with zero attached hydrogens (tertiary/aromatic N) is 4. The van der Waals surface area contributed by atoms with Gasteiger partial charge in [0.1, 0.15) is 6.04 Å². The molecule has 1 aromatic rings. The van der Waals surface area contributed by atoms with Crippen molar-refractivity contribution in [3.05, 3.63) is 40.3 Å². The number of methoxy groups -OCH3 is 3. The van der Waals surface area contributed by atoms with Crippen LogP contribution in [0.1, 0.15) is 12.0 Å². The Balaban J connectivity index is 2.17. The largest absolute Gasteiger partial charge is 0.493 e. The zero-order valence-corrected chi connectivity index (χ0v) is 14.8. The molecule has 1 heterocycles. The SMILES string of the molecule is COC(=O)[C@@H]1C[C@H](N=[N+]=[N-])CN1C(=O)/C=C/c1ccc(OC)c(OC)c1. The van der Waals surface area contributed by atoms with Crippen LogP contribution >= 0.6 is 0 Å². The second-order valence-corrected chi connectivity index (χ2v) is 5.57. The number of likely N-dealkylation sites (tertiary alicyclic amines) is 1. The van der Waals surface area contributed by atoms with E-state index in [0.29, 0.717) is 11.5 Å². The van der Waals surface area contributed by atoms with Crippen LogP contribution < -0.4 is 9.47 Å². The minimum absolute atomic E-state index is 0.166. The lowest BCUT2D eigenvalue weighted by molar-refractivity contribution is -0.149. The molecule has 1 saturated heterocycles. The minimum atomic E-state index is -0.766. The molecule has 2 rings (SSSR count). The van der Waals surface area contributed by atoms with Crippen molar-refractivity contribution in [1.82, 2.24) is 4.90 Å². The van der Waals surface area contributed by atoms with E-state index in [1.165, 1.54) is 32.3 Å². The summed E-state index contributed by atoms with van der Waals surface area (Å²) < 4.78 is 15.1. The summed E-state index contributed by atoms with van der Waals surface area (Å²) in [5.74, 6) is 0.219. The second-order valence-electron chi connectivity index (χ2n) is 5.57. The van der Waals surface area contributed by atoms with Crippen molar-refractivity contribution in [2.24, 2.45) is 5.11 Å². The van der Waals surface area contributed by atoms with Gasteiger partial charge in [0.05, 0.1) is 27.4 Å². The maximum absolute atomic E-state index is 12.5. The van der Waals surface area contributed by atoms with Crippen molar-refractivity contribution in [2.45, 2.75) is 18.5 Å². The highest BCUT2D eigenvalue weighted by atomic mass is 16.5. The molecule has 1 amide bonds. The standard InChI is InChI=1S/C17H20N4O5/c1-24-14-6-4-11(8-15(14)25-2)5-7-16(22)21-10-12(19-20-18)9-13(21)17(23)26-3/h4-8,12-13H,9-10H2,1-3H3/b7-5+/t12-,13-/m0/s1. The fraction of sp³-hybridized carbons (Fsp3) is 0.412. The number of azide groups is 1. The van der Waals surface area contributed by atoms with E-state index in [4.69, 9.17) is 19.7 Å². The van der Waals surface area contributed by atoms with E-state index in [0.717, 1.165) is 5.56 Å². The first-order valence-electron chi connectivity index (χ1n) is 7.86. The normalized spacial score (nSPS) is 19.1. The molecule has 0 aromatic heterocycles. The highest BCUT2D eigenvalue weighted by Gasteiger charge is 2.39. The number of ether oxygens (including phenoxy) is 3. The number of benzene rings is 1. The first-order chi connectivity index (χ1) is 12.5. The third-order valence-corrected chi connectivity index (χ3v) is 4.08. The number of hydrogen-bond acceptors (Lipinski definition) is 6. The van der Waals surface area contributed by atoms with Crippen LogP contribution in [0, 0.1) is 0 Å². The number of esters is 1. The Morgan fingerprint density at radius 3 is 2.62 bits per heavy atom. The van der Waals surface area contributed by atoms with Gasteiger partial charge in [-0.15, -0.1) is 0 Å². The molecule has 0 bridgehead atoms. The molecular formula is C17H20N4O5. The lowest BCUT2D eigenvalue weighted by atomic mass is 10.1. The lowest BCUT2D eigenvalue weighted by Gasteiger charge is -2.20. The van der Waals surface area contributed by atoms with Crippen LogP contribution in [0.15, 0.2) is 29.4 Å². The Labute approximate surface area is 150 Å². The van der Waals surface area contributed by atoms with Crippen LogP contribution in [-0.4, -0.2) is 56.7 Å². The van der Waals surface area contributed by atoms with Crippen LogP contribution in [0.3, 0.4) is 0 Å². The number of hydrogen-bond donors (Lipinski definition) is 0. The van der Waals surface area contributed by atoms with E-state index in [1.54, 1.807) is 24.3 Å². The predicted octanol–water partition coefficient (Wildman–Crippen LogP) is 2.17. The van der Waals surface area contributed by atoms with E-state index >= 15 is 0 Å². The van der Waals surface area contributed by atoms with Gasteiger partial charge in [0.15, 0.2) is 11.5 Å². The summed E-state index contributed by atoms with van der Waals surface area (Å²) in [7, 11) is 4.32. The molecule has 2 atom stereocenters. The van der Waals surface area contributed by atoms with Gasteiger partial charge in [-0.3, -0.25) is 4.79 Å². The van der Waals surface area contributed by atoms with Crippen LogP contribution in [-0.2, 0) is 14.3 Å². The van der Waals surface area contributed by atoms with Gasteiger partial charge in [0.2, 0.25) is 5.91 Å². The Morgan fingerprint density at radius 2 is 2.00 bits per heavy atom. The second kappa shape index (κ2) is 8.77. The molecule has 0 N–H and O–H groups in total. The average molecular weight is 360 g/mol. The zero-order chi connectivity index (χ0) is 19.1. The van der Waals surface area contributed by atoms with Crippen LogP contribution in [0.25, 0.3) is 16.5 Å². The maximum atomic E-state index is 12.5. The molecule has 1 fully saturated rings. The van der Waals surface area contributed by atoms with E-state index in [9.17, 15) is 9.59 Å². The highest BCUT2D eigenvalue weighted by Crippen LogP contribution is 2.28. The Bertz CT molecular complexity index is 758. The molecule has 26 heavy (non-hydrogen) atoms. The minimum Gasteiger partial charge on any atom is -0.493 e. The Kier molecular flexibility index (Phi) is 6.46.